The van der Waals surface area contributed by atoms with E-state index in [-0.39, 0.29) is 11.9 Å². The lowest BCUT2D eigenvalue weighted by Gasteiger charge is -2.40. The summed E-state index contributed by atoms with van der Waals surface area (Å²) in [5, 5.41) is 0. The molecule has 3 rings (SSSR count). The van der Waals surface area contributed by atoms with Crippen LogP contribution in [0, 0.1) is 0 Å². The van der Waals surface area contributed by atoms with Crippen LogP contribution >= 0.6 is 0 Å². The third-order valence-electron chi connectivity index (χ3n) is 4.45. The Balaban J connectivity index is 1.83. The van der Waals surface area contributed by atoms with Gasteiger partial charge in [0.05, 0.1) is 13.2 Å². The van der Waals surface area contributed by atoms with Gasteiger partial charge in [0.1, 0.15) is 5.75 Å². The second-order valence-electron chi connectivity index (χ2n) is 5.86. The zero-order chi connectivity index (χ0) is 16.2. The maximum atomic E-state index is 12.7. The fourth-order valence-corrected chi connectivity index (χ4v) is 3.10. The molecular weight excluding hydrogens is 288 g/mol. The molecule has 4 nitrogen and oxygen atoms in total. The molecule has 0 saturated carbocycles. The van der Waals surface area contributed by atoms with Gasteiger partial charge in [0.15, 0.2) is 0 Å². The lowest BCUT2D eigenvalue weighted by atomic mass is 10.0. The predicted molar refractivity (Wildman–Crippen MR) is 90.7 cm³/mol. The Morgan fingerprint density at radius 2 is 1.74 bits per heavy atom. The van der Waals surface area contributed by atoms with E-state index in [0.717, 1.165) is 30.0 Å². The highest BCUT2D eigenvalue weighted by Gasteiger charge is 2.30. The molecule has 4 heteroatoms. The van der Waals surface area contributed by atoms with E-state index in [9.17, 15) is 4.79 Å². The van der Waals surface area contributed by atoms with Crippen LogP contribution in [0.3, 0.4) is 0 Å². The molecule has 0 spiro atoms. The van der Waals surface area contributed by atoms with Crippen LogP contribution in [0.4, 0.5) is 0 Å². The summed E-state index contributed by atoms with van der Waals surface area (Å²) in [5.41, 5.74) is 1.87. The van der Waals surface area contributed by atoms with Gasteiger partial charge in [-0.05, 0) is 25.2 Å². The van der Waals surface area contributed by atoms with Crippen LogP contribution in [0.1, 0.15) is 22.0 Å². The number of carbonyl (C=O) groups is 1. The van der Waals surface area contributed by atoms with Crippen molar-refractivity contribution in [2.75, 3.05) is 33.8 Å². The third kappa shape index (κ3) is 3.22. The highest BCUT2D eigenvalue weighted by Crippen LogP contribution is 2.31. The first-order chi connectivity index (χ1) is 11.2. The number of likely N-dealkylation sites (N-methyl/N-ethyl adjacent to an activating group) is 1. The first-order valence-electron chi connectivity index (χ1n) is 7.88. The number of benzene rings is 2. The number of rotatable bonds is 3. The minimum Gasteiger partial charge on any atom is -0.496 e. The van der Waals surface area contributed by atoms with E-state index in [0.29, 0.717) is 6.54 Å². The van der Waals surface area contributed by atoms with Crippen LogP contribution in [0.2, 0.25) is 0 Å². The number of piperazine rings is 1. The van der Waals surface area contributed by atoms with Crippen molar-refractivity contribution in [1.29, 1.82) is 0 Å². The number of methoxy groups -OCH3 is 1. The van der Waals surface area contributed by atoms with Crippen LogP contribution in [0.25, 0.3) is 0 Å². The normalized spacial score (nSPS) is 18.7. The van der Waals surface area contributed by atoms with E-state index in [2.05, 4.69) is 18.0 Å². The first kappa shape index (κ1) is 15.6. The number of nitrogens with zero attached hydrogens (tertiary/aromatic N) is 2. The van der Waals surface area contributed by atoms with E-state index >= 15 is 0 Å². The van der Waals surface area contributed by atoms with Crippen molar-refractivity contribution >= 4 is 5.91 Å². The first-order valence-corrected chi connectivity index (χ1v) is 7.88. The Labute approximate surface area is 137 Å². The van der Waals surface area contributed by atoms with Crippen molar-refractivity contribution in [3.8, 4) is 5.75 Å². The van der Waals surface area contributed by atoms with Gasteiger partial charge in [0.2, 0.25) is 0 Å². The minimum absolute atomic E-state index is 0.0959. The van der Waals surface area contributed by atoms with Crippen LogP contribution in [0.15, 0.2) is 54.6 Å². The molecule has 1 aliphatic heterocycles. The van der Waals surface area contributed by atoms with E-state index < -0.39 is 0 Å². The molecule has 0 aromatic heterocycles. The van der Waals surface area contributed by atoms with Gasteiger partial charge in [-0.15, -0.1) is 0 Å². The van der Waals surface area contributed by atoms with Crippen LogP contribution < -0.4 is 4.74 Å². The van der Waals surface area contributed by atoms with Gasteiger partial charge in [-0.25, -0.2) is 0 Å². The smallest absolute Gasteiger partial charge is 0.253 e. The summed E-state index contributed by atoms with van der Waals surface area (Å²) in [7, 11) is 3.79. The van der Waals surface area contributed by atoms with Crippen molar-refractivity contribution in [2.24, 2.45) is 0 Å². The average molecular weight is 310 g/mol. The molecule has 2 aromatic rings. The molecule has 2 aromatic carbocycles. The lowest BCUT2D eigenvalue weighted by Crippen LogP contribution is -2.49. The molecule has 1 aliphatic rings. The van der Waals surface area contributed by atoms with Crippen molar-refractivity contribution in [3.05, 3.63) is 65.7 Å². The van der Waals surface area contributed by atoms with Crippen LogP contribution in [0.5, 0.6) is 5.75 Å². The number of para-hydroxylation sites is 1. The Hall–Kier alpha value is -2.33. The molecule has 23 heavy (non-hydrogen) atoms. The molecule has 1 unspecified atom stereocenters. The highest BCUT2D eigenvalue weighted by molar-refractivity contribution is 5.94. The van der Waals surface area contributed by atoms with Gasteiger partial charge in [-0.1, -0.05) is 36.4 Å². The quantitative estimate of drug-likeness (QED) is 0.874. The van der Waals surface area contributed by atoms with Gasteiger partial charge in [0.25, 0.3) is 5.91 Å². The van der Waals surface area contributed by atoms with Crippen LogP contribution in [-0.4, -0.2) is 49.5 Å². The van der Waals surface area contributed by atoms with E-state index in [4.69, 9.17) is 4.74 Å². The molecule has 0 bridgehead atoms. The summed E-state index contributed by atoms with van der Waals surface area (Å²) in [4.78, 5) is 16.9. The molecule has 0 aliphatic carbocycles. The van der Waals surface area contributed by atoms with Gasteiger partial charge in [0, 0.05) is 30.8 Å². The fraction of sp³-hybridized carbons (Fsp3) is 0.316. The summed E-state index contributed by atoms with van der Waals surface area (Å²) in [6.45, 7) is 2.27. The summed E-state index contributed by atoms with van der Waals surface area (Å²) in [6.07, 6.45) is 0. The van der Waals surface area contributed by atoms with Gasteiger partial charge in [-0.3, -0.25) is 9.69 Å². The predicted octanol–water partition coefficient (Wildman–Crippen LogP) is 2.82. The lowest BCUT2D eigenvalue weighted by molar-refractivity contribution is 0.0542. The van der Waals surface area contributed by atoms with Crippen molar-refractivity contribution in [2.45, 2.75) is 6.04 Å². The number of ether oxygens (including phenoxy) is 1. The SMILES string of the molecule is COc1ccccc1C1CN(C(=O)c2ccccc2)CCN1C. The second kappa shape index (κ2) is 6.84. The molecule has 1 fully saturated rings. The minimum atomic E-state index is 0.0959. The molecule has 1 atom stereocenters. The van der Waals surface area contributed by atoms with Crippen LogP contribution in [-0.2, 0) is 0 Å². The Kier molecular flexibility index (Phi) is 4.63. The Morgan fingerprint density at radius 3 is 2.48 bits per heavy atom. The number of hydrogen-bond donors (Lipinski definition) is 0. The Morgan fingerprint density at radius 1 is 1.04 bits per heavy atom. The van der Waals surface area contributed by atoms with Gasteiger partial charge < -0.3 is 9.64 Å². The molecule has 1 amide bonds. The van der Waals surface area contributed by atoms with Crippen molar-refractivity contribution in [3.63, 3.8) is 0 Å². The molecule has 0 N–H and O–H groups in total. The summed E-state index contributed by atoms with van der Waals surface area (Å²) in [6, 6.07) is 17.7. The molecule has 1 heterocycles. The molecule has 120 valence electrons. The number of carbonyl (C=O) groups excluding carboxylic acids is 1. The van der Waals surface area contributed by atoms with E-state index in [1.54, 1.807) is 7.11 Å². The van der Waals surface area contributed by atoms with Crippen molar-refractivity contribution < 1.29 is 9.53 Å². The van der Waals surface area contributed by atoms with E-state index in [1.807, 2.05) is 53.4 Å². The average Bonchev–Trinajstić information content (AvgIpc) is 2.62. The summed E-state index contributed by atoms with van der Waals surface area (Å²) in [5.74, 6) is 0.969. The standard InChI is InChI=1S/C19H22N2O2/c1-20-12-13-21(19(22)15-8-4-3-5-9-15)14-17(20)16-10-6-7-11-18(16)23-2/h3-11,17H,12-14H2,1-2H3. The van der Waals surface area contributed by atoms with Gasteiger partial charge >= 0.3 is 0 Å². The topological polar surface area (TPSA) is 32.8 Å². The third-order valence-corrected chi connectivity index (χ3v) is 4.45. The molecule has 0 radical (unpaired) electrons. The second-order valence-corrected chi connectivity index (χ2v) is 5.86. The fourth-order valence-electron chi connectivity index (χ4n) is 3.10. The summed E-state index contributed by atoms with van der Waals surface area (Å²) >= 11 is 0. The maximum Gasteiger partial charge on any atom is 0.253 e. The zero-order valence-corrected chi connectivity index (χ0v) is 13.6. The zero-order valence-electron chi connectivity index (χ0n) is 13.6. The van der Waals surface area contributed by atoms with E-state index in [1.165, 1.54) is 0 Å². The molecular formula is C19H22N2O2. The highest BCUT2D eigenvalue weighted by atomic mass is 16.5. The number of amides is 1. The monoisotopic (exact) mass is 310 g/mol. The Bertz CT molecular complexity index is 672. The number of hydrogen-bond acceptors (Lipinski definition) is 3. The van der Waals surface area contributed by atoms with Crippen molar-refractivity contribution in [1.82, 2.24) is 9.80 Å². The van der Waals surface area contributed by atoms with Gasteiger partial charge in [-0.2, -0.15) is 0 Å². The maximum absolute atomic E-state index is 12.7. The summed E-state index contributed by atoms with van der Waals surface area (Å²) < 4.78 is 5.50. The molecule has 1 saturated heterocycles. The largest absolute Gasteiger partial charge is 0.496 e.